The molecular weight excluding hydrogens is 336 g/mol. The van der Waals surface area contributed by atoms with E-state index in [1.54, 1.807) is 39.0 Å². The Balaban J connectivity index is 3.11. The first-order chi connectivity index (χ1) is 8.04. The summed E-state index contributed by atoms with van der Waals surface area (Å²) in [6.07, 6.45) is 0. The number of sulfonamides is 1. The van der Waals surface area contributed by atoms with Crippen molar-refractivity contribution in [3.8, 4) is 0 Å². The van der Waals surface area contributed by atoms with Crippen molar-refractivity contribution in [1.82, 2.24) is 0 Å². The molecule has 7 heteroatoms. The maximum Gasteiger partial charge on any atom is 0.237 e. The minimum absolute atomic E-state index is 0.265. The highest BCUT2D eigenvalue weighted by Crippen LogP contribution is 2.27. The topological polar surface area (TPSA) is 72.2 Å². The van der Waals surface area contributed by atoms with E-state index < -0.39 is 14.8 Å². The van der Waals surface area contributed by atoms with E-state index >= 15 is 0 Å². The molecule has 4 nitrogen and oxygen atoms in total. The molecule has 1 aromatic rings. The number of benzene rings is 1. The summed E-state index contributed by atoms with van der Waals surface area (Å²) in [4.78, 5) is 0.265. The van der Waals surface area contributed by atoms with E-state index in [0.29, 0.717) is 15.7 Å². The smallest absolute Gasteiger partial charge is 0.237 e. The predicted octanol–water partition coefficient (Wildman–Crippen LogP) is 2.62. The Morgan fingerprint density at radius 3 is 2.33 bits per heavy atom. The summed E-state index contributed by atoms with van der Waals surface area (Å²) in [6.45, 7) is 4.89. The lowest BCUT2D eigenvalue weighted by Gasteiger charge is -2.21. The minimum Gasteiger partial charge on any atom is -0.389 e. The summed E-state index contributed by atoms with van der Waals surface area (Å²) in [5, 5.41) is 0. The summed E-state index contributed by atoms with van der Waals surface area (Å²) < 4.78 is 26.3. The first kappa shape index (κ1) is 15.4. The van der Waals surface area contributed by atoms with Gasteiger partial charge < -0.3 is 5.73 Å². The van der Waals surface area contributed by atoms with E-state index in [0.717, 1.165) is 0 Å². The number of nitrogens with one attached hydrogen (secondary N) is 1. The number of rotatable bonds is 3. The molecule has 0 fully saturated rings. The summed E-state index contributed by atoms with van der Waals surface area (Å²) in [5.74, 6) is 0. The molecule has 0 unspecified atom stereocenters. The van der Waals surface area contributed by atoms with Crippen LogP contribution in [0, 0.1) is 0 Å². The van der Waals surface area contributed by atoms with Crippen LogP contribution >= 0.6 is 28.1 Å². The summed E-state index contributed by atoms with van der Waals surface area (Å²) >= 11 is 8.14. The Morgan fingerprint density at radius 2 is 1.94 bits per heavy atom. The van der Waals surface area contributed by atoms with E-state index in [1.165, 1.54) is 0 Å². The van der Waals surface area contributed by atoms with Gasteiger partial charge in [0.25, 0.3) is 0 Å². The van der Waals surface area contributed by atoms with Gasteiger partial charge in [0.05, 0.1) is 10.4 Å². The summed E-state index contributed by atoms with van der Waals surface area (Å²) in [7, 11) is -3.45. The average Bonchev–Trinajstić information content (AvgIpc) is 2.18. The van der Waals surface area contributed by atoms with Crippen LogP contribution < -0.4 is 10.5 Å². The number of nitrogens with two attached hydrogens (primary N) is 1. The molecule has 0 spiro atoms. The number of anilines is 1. The van der Waals surface area contributed by atoms with Crippen LogP contribution in [0.25, 0.3) is 0 Å². The largest absolute Gasteiger partial charge is 0.389 e. The van der Waals surface area contributed by atoms with Crippen molar-refractivity contribution in [2.45, 2.75) is 25.5 Å². The summed E-state index contributed by atoms with van der Waals surface area (Å²) in [5.41, 5.74) is 6.64. The van der Waals surface area contributed by atoms with E-state index in [-0.39, 0.29) is 4.99 Å². The van der Waals surface area contributed by atoms with Crippen LogP contribution in [-0.2, 0) is 10.0 Å². The van der Waals surface area contributed by atoms with Crippen LogP contribution in [0.3, 0.4) is 0 Å². The molecule has 0 aliphatic rings. The van der Waals surface area contributed by atoms with Crippen molar-refractivity contribution in [2.24, 2.45) is 5.73 Å². The second kappa shape index (κ2) is 5.14. The van der Waals surface area contributed by atoms with Gasteiger partial charge in [0, 0.05) is 10.0 Å². The fourth-order valence-corrected chi connectivity index (χ4v) is 2.56. The number of halogens is 1. The molecular formula is C11H15BrN2O2S2. The normalized spacial score (nSPS) is 12.2. The zero-order valence-electron chi connectivity index (χ0n) is 10.3. The van der Waals surface area contributed by atoms with Crippen molar-refractivity contribution < 1.29 is 8.42 Å². The average molecular weight is 351 g/mol. The minimum atomic E-state index is -3.45. The van der Waals surface area contributed by atoms with Crippen molar-refractivity contribution in [3.05, 3.63) is 28.2 Å². The molecule has 0 amide bonds. The third kappa shape index (κ3) is 3.43. The van der Waals surface area contributed by atoms with Gasteiger partial charge in [-0.05, 0) is 54.9 Å². The molecule has 0 radical (unpaired) electrons. The van der Waals surface area contributed by atoms with Crippen LogP contribution in [0.15, 0.2) is 22.7 Å². The predicted molar refractivity (Wildman–Crippen MR) is 82.3 cm³/mol. The highest BCUT2D eigenvalue weighted by Gasteiger charge is 2.29. The third-order valence-corrected chi connectivity index (χ3v) is 5.30. The van der Waals surface area contributed by atoms with Crippen LogP contribution in [0.2, 0.25) is 0 Å². The Hall–Kier alpha value is -0.660. The summed E-state index contributed by atoms with van der Waals surface area (Å²) in [6, 6.07) is 4.98. The van der Waals surface area contributed by atoms with Gasteiger partial charge in [-0.25, -0.2) is 8.42 Å². The van der Waals surface area contributed by atoms with Gasteiger partial charge in [-0.2, -0.15) is 0 Å². The van der Waals surface area contributed by atoms with Crippen molar-refractivity contribution in [1.29, 1.82) is 0 Å². The molecule has 3 N–H and O–H groups in total. The quantitative estimate of drug-likeness (QED) is 0.822. The molecule has 0 saturated heterocycles. The molecule has 18 heavy (non-hydrogen) atoms. The van der Waals surface area contributed by atoms with Gasteiger partial charge in [0.15, 0.2) is 0 Å². The molecule has 0 aromatic heterocycles. The molecule has 0 saturated carbocycles. The van der Waals surface area contributed by atoms with Crippen molar-refractivity contribution in [3.63, 3.8) is 0 Å². The Labute approximate surface area is 121 Å². The lowest BCUT2D eigenvalue weighted by Crippen LogP contribution is -2.33. The zero-order valence-corrected chi connectivity index (χ0v) is 13.5. The first-order valence-electron chi connectivity index (χ1n) is 5.16. The maximum atomic E-state index is 12.0. The molecule has 0 bridgehead atoms. The van der Waals surface area contributed by atoms with Gasteiger partial charge >= 0.3 is 0 Å². The monoisotopic (exact) mass is 350 g/mol. The SMILES string of the molecule is CC(C)(C)S(=O)(=O)Nc1ccc(C(N)=S)cc1Br. The molecule has 1 aromatic carbocycles. The Kier molecular flexibility index (Phi) is 4.40. The molecule has 0 aliphatic carbocycles. The van der Waals surface area contributed by atoms with E-state index in [1.807, 2.05) is 0 Å². The van der Waals surface area contributed by atoms with Gasteiger partial charge in [-0.15, -0.1) is 0 Å². The first-order valence-corrected chi connectivity index (χ1v) is 7.85. The Bertz CT molecular complexity index is 577. The number of hydrogen-bond acceptors (Lipinski definition) is 3. The molecule has 0 heterocycles. The van der Waals surface area contributed by atoms with Crippen LogP contribution in [0.1, 0.15) is 26.3 Å². The number of thiocarbonyl (C=S) groups is 1. The van der Waals surface area contributed by atoms with Crippen LogP contribution in [0.4, 0.5) is 5.69 Å². The van der Waals surface area contributed by atoms with Gasteiger partial charge in [-0.1, -0.05) is 12.2 Å². The molecule has 1 rings (SSSR count). The van der Waals surface area contributed by atoms with Crippen molar-refractivity contribution >= 4 is 48.8 Å². The lowest BCUT2D eigenvalue weighted by atomic mass is 10.2. The second-order valence-electron chi connectivity index (χ2n) is 4.78. The van der Waals surface area contributed by atoms with Crippen LogP contribution in [-0.4, -0.2) is 18.2 Å². The second-order valence-corrected chi connectivity index (χ2v) is 8.51. The van der Waals surface area contributed by atoms with Gasteiger partial charge in [0.2, 0.25) is 10.0 Å². The van der Waals surface area contributed by atoms with E-state index in [2.05, 4.69) is 20.7 Å². The Morgan fingerprint density at radius 1 is 1.39 bits per heavy atom. The molecule has 0 atom stereocenters. The van der Waals surface area contributed by atoms with Crippen molar-refractivity contribution in [2.75, 3.05) is 4.72 Å². The fourth-order valence-electron chi connectivity index (χ4n) is 1.05. The lowest BCUT2D eigenvalue weighted by molar-refractivity contribution is 0.566. The zero-order chi connectivity index (χ0) is 14.1. The van der Waals surface area contributed by atoms with E-state index in [9.17, 15) is 8.42 Å². The maximum absolute atomic E-state index is 12.0. The number of hydrogen-bond donors (Lipinski definition) is 2. The van der Waals surface area contributed by atoms with Gasteiger partial charge in [0.1, 0.15) is 4.99 Å². The standard InChI is InChI=1S/C11H15BrN2O2S2/c1-11(2,3)18(15,16)14-9-5-4-7(10(13)17)6-8(9)12/h4-6,14H,1-3H3,(H2,13,17). The fraction of sp³-hybridized carbons (Fsp3) is 0.364. The highest BCUT2D eigenvalue weighted by atomic mass is 79.9. The molecule has 100 valence electrons. The van der Waals surface area contributed by atoms with Gasteiger partial charge in [-0.3, -0.25) is 4.72 Å². The van der Waals surface area contributed by atoms with E-state index in [4.69, 9.17) is 18.0 Å². The van der Waals surface area contributed by atoms with Crippen LogP contribution in [0.5, 0.6) is 0 Å². The molecule has 0 aliphatic heterocycles. The third-order valence-electron chi connectivity index (χ3n) is 2.30. The highest BCUT2D eigenvalue weighted by molar-refractivity contribution is 9.10.